The molecular formula is C19H37ClN4O5. The maximum absolute atomic E-state index is 12.5. The maximum Gasteiger partial charge on any atom is 0.306 e. The second-order valence-corrected chi connectivity index (χ2v) is 8.59. The van der Waals surface area contributed by atoms with Crippen LogP contribution in [0.1, 0.15) is 61.3 Å². The number of rotatable bonds is 10. The Morgan fingerprint density at radius 1 is 0.897 bits per heavy atom. The van der Waals surface area contributed by atoms with E-state index in [1.807, 2.05) is 0 Å². The number of hydrogen-bond donors (Lipinski definition) is 4. The van der Waals surface area contributed by atoms with Gasteiger partial charge in [0, 0.05) is 6.42 Å². The number of primary amides is 1. The molecule has 9 nitrogen and oxygen atoms in total. The fourth-order valence-electron chi connectivity index (χ4n) is 2.40. The van der Waals surface area contributed by atoms with E-state index in [4.69, 9.17) is 16.2 Å². The van der Waals surface area contributed by atoms with Crippen molar-refractivity contribution in [2.75, 3.05) is 0 Å². The molecule has 0 aliphatic rings. The molecule has 170 valence electrons. The van der Waals surface area contributed by atoms with Crippen LogP contribution in [-0.4, -0.2) is 47.4 Å². The average Bonchev–Trinajstić information content (AvgIpc) is 2.52. The number of carbonyl (C=O) groups excluding carboxylic acids is 4. The third-order valence-electron chi connectivity index (χ3n) is 3.93. The zero-order chi connectivity index (χ0) is 22.2. The molecule has 0 aliphatic heterocycles. The minimum absolute atomic E-state index is 0. The quantitative estimate of drug-likeness (QED) is 0.368. The highest BCUT2D eigenvalue weighted by atomic mass is 35.5. The average molecular weight is 437 g/mol. The highest BCUT2D eigenvalue weighted by Crippen LogP contribution is 2.10. The monoisotopic (exact) mass is 436 g/mol. The molecule has 0 aromatic heterocycles. The summed E-state index contributed by atoms with van der Waals surface area (Å²) in [6.45, 7) is 12.3. The van der Waals surface area contributed by atoms with E-state index in [-0.39, 0.29) is 37.1 Å². The van der Waals surface area contributed by atoms with Gasteiger partial charge in [-0.2, -0.15) is 0 Å². The molecule has 0 heterocycles. The van der Waals surface area contributed by atoms with Crippen LogP contribution in [0.5, 0.6) is 0 Å². The van der Waals surface area contributed by atoms with Crippen molar-refractivity contribution in [3.63, 3.8) is 0 Å². The van der Waals surface area contributed by atoms with Crippen LogP contribution in [-0.2, 0) is 23.9 Å². The van der Waals surface area contributed by atoms with Crippen molar-refractivity contribution in [3.8, 4) is 0 Å². The molecule has 0 aliphatic carbocycles. The third kappa shape index (κ3) is 11.7. The van der Waals surface area contributed by atoms with Crippen molar-refractivity contribution in [2.24, 2.45) is 23.3 Å². The molecule has 0 spiro atoms. The van der Waals surface area contributed by atoms with Crippen LogP contribution in [0.4, 0.5) is 0 Å². The molecule has 29 heavy (non-hydrogen) atoms. The lowest BCUT2D eigenvalue weighted by Gasteiger charge is -2.27. The molecule has 0 fully saturated rings. The summed E-state index contributed by atoms with van der Waals surface area (Å²) in [5.74, 6) is -2.61. The molecular weight excluding hydrogens is 400 g/mol. The van der Waals surface area contributed by atoms with Crippen LogP contribution < -0.4 is 22.1 Å². The van der Waals surface area contributed by atoms with Crippen LogP contribution in [0.2, 0.25) is 0 Å². The van der Waals surface area contributed by atoms with Gasteiger partial charge in [-0.3, -0.25) is 19.2 Å². The Kier molecular flexibility index (Phi) is 12.8. The van der Waals surface area contributed by atoms with E-state index >= 15 is 0 Å². The number of esters is 1. The summed E-state index contributed by atoms with van der Waals surface area (Å²) in [5, 5.41) is 5.17. The molecule has 6 N–H and O–H groups in total. The van der Waals surface area contributed by atoms with Gasteiger partial charge in [-0.25, -0.2) is 0 Å². The second kappa shape index (κ2) is 12.6. The van der Waals surface area contributed by atoms with Crippen molar-refractivity contribution in [3.05, 3.63) is 0 Å². The molecule has 0 aromatic carbocycles. The zero-order valence-electron chi connectivity index (χ0n) is 18.4. The van der Waals surface area contributed by atoms with Crippen LogP contribution in [0, 0.1) is 11.8 Å². The number of hydrogen-bond acceptors (Lipinski definition) is 6. The Hall–Kier alpha value is -1.87. The fraction of sp³-hybridized carbons (Fsp3) is 0.789. The summed E-state index contributed by atoms with van der Waals surface area (Å²) in [7, 11) is 0. The van der Waals surface area contributed by atoms with Crippen molar-refractivity contribution in [2.45, 2.75) is 85.0 Å². The number of nitrogens with two attached hydrogens (primary N) is 2. The van der Waals surface area contributed by atoms with E-state index in [2.05, 4.69) is 10.6 Å². The van der Waals surface area contributed by atoms with E-state index < -0.39 is 47.4 Å². The third-order valence-corrected chi connectivity index (χ3v) is 3.93. The van der Waals surface area contributed by atoms with E-state index in [0.717, 1.165) is 0 Å². The molecule has 0 rings (SSSR count). The predicted molar refractivity (Wildman–Crippen MR) is 113 cm³/mol. The first-order valence-electron chi connectivity index (χ1n) is 9.53. The van der Waals surface area contributed by atoms with Crippen molar-refractivity contribution in [1.82, 2.24) is 10.6 Å². The summed E-state index contributed by atoms with van der Waals surface area (Å²) >= 11 is 0. The lowest BCUT2D eigenvalue weighted by molar-refractivity contribution is -0.155. The van der Waals surface area contributed by atoms with E-state index in [1.54, 1.807) is 48.5 Å². The van der Waals surface area contributed by atoms with Gasteiger partial charge in [-0.05, 0) is 39.0 Å². The Bertz CT molecular complexity index is 575. The van der Waals surface area contributed by atoms with Crippen LogP contribution >= 0.6 is 12.4 Å². The van der Waals surface area contributed by atoms with Gasteiger partial charge in [-0.15, -0.1) is 12.4 Å². The van der Waals surface area contributed by atoms with E-state index in [0.29, 0.717) is 0 Å². The minimum atomic E-state index is -0.974. The fourth-order valence-corrected chi connectivity index (χ4v) is 2.40. The zero-order valence-corrected chi connectivity index (χ0v) is 19.2. The van der Waals surface area contributed by atoms with E-state index in [9.17, 15) is 19.2 Å². The summed E-state index contributed by atoms with van der Waals surface area (Å²) in [6.07, 6.45) is 0.0740. The van der Waals surface area contributed by atoms with Crippen LogP contribution in [0.25, 0.3) is 0 Å². The van der Waals surface area contributed by atoms with Crippen molar-refractivity contribution in [1.29, 1.82) is 0 Å². The lowest BCUT2D eigenvalue weighted by atomic mass is 9.99. The number of amides is 3. The molecule has 10 heteroatoms. The van der Waals surface area contributed by atoms with Gasteiger partial charge in [0.1, 0.15) is 17.7 Å². The number of halogens is 1. The standard InChI is InChI=1S/C19H36N4O5.ClH/c1-10(2)14(16(21)25)22-18(27)15(11(3)4)23-17(26)12(20)8-9-13(24)28-19(5,6)7;/h10-12,14-15H,8-9,20H2,1-7H3,(H2,21,25)(H,22,27)(H,23,26);1H/t12-,14-,15-;/m0./s1. The van der Waals surface area contributed by atoms with Crippen molar-refractivity contribution >= 4 is 36.1 Å². The van der Waals surface area contributed by atoms with Crippen LogP contribution in [0.3, 0.4) is 0 Å². The molecule has 0 radical (unpaired) electrons. The molecule has 0 saturated carbocycles. The summed E-state index contributed by atoms with van der Waals surface area (Å²) in [5.41, 5.74) is 10.6. The van der Waals surface area contributed by atoms with Gasteiger partial charge in [0.2, 0.25) is 17.7 Å². The molecule has 0 unspecified atom stereocenters. The van der Waals surface area contributed by atoms with Gasteiger partial charge >= 0.3 is 5.97 Å². The summed E-state index contributed by atoms with van der Waals surface area (Å²) < 4.78 is 5.18. The molecule has 0 aromatic rings. The summed E-state index contributed by atoms with van der Waals surface area (Å²) in [4.78, 5) is 48.1. The Balaban J connectivity index is 0. The molecule has 3 amide bonds. The van der Waals surface area contributed by atoms with Gasteiger partial charge in [-0.1, -0.05) is 27.7 Å². The lowest BCUT2D eigenvalue weighted by Crippen LogP contribution is -2.58. The second-order valence-electron chi connectivity index (χ2n) is 8.59. The van der Waals surface area contributed by atoms with Gasteiger partial charge < -0.3 is 26.8 Å². The number of ether oxygens (including phenoxy) is 1. The maximum atomic E-state index is 12.5. The Labute approximate surface area is 179 Å². The van der Waals surface area contributed by atoms with E-state index in [1.165, 1.54) is 0 Å². The molecule has 3 atom stereocenters. The molecule has 0 saturated heterocycles. The largest absolute Gasteiger partial charge is 0.460 e. The van der Waals surface area contributed by atoms with Gasteiger partial charge in [0.15, 0.2) is 0 Å². The first-order chi connectivity index (χ1) is 12.7. The molecule has 0 bridgehead atoms. The minimum Gasteiger partial charge on any atom is -0.460 e. The summed E-state index contributed by atoms with van der Waals surface area (Å²) in [6, 6.07) is -2.70. The first-order valence-corrected chi connectivity index (χ1v) is 9.53. The van der Waals surface area contributed by atoms with Crippen LogP contribution in [0.15, 0.2) is 0 Å². The highest BCUT2D eigenvalue weighted by molar-refractivity contribution is 5.93. The Morgan fingerprint density at radius 2 is 1.34 bits per heavy atom. The van der Waals surface area contributed by atoms with Gasteiger partial charge in [0.25, 0.3) is 0 Å². The smallest absolute Gasteiger partial charge is 0.306 e. The normalized spacial score (nSPS) is 14.4. The number of carbonyl (C=O) groups is 4. The Morgan fingerprint density at radius 3 is 1.72 bits per heavy atom. The highest BCUT2D eigenvalue weighted by Gasteiger charge is 2.30. The first kappa shape index (κ1) is 29.3. The SMILES string of the molecule is CC(C)[C@H](NC(=O)[C@@H](NC(=O)[C@@H](N)CCC(=O)OC(C)(C)C)C(C)C)C(N)=O.Cl. The topological polar surface area (TPSA) is 154 Å². The predicted octanol–water partition coefficient (Wildman–Crippen LogP) is 0.624. The van der Waals surface area contributed by atoms with Gasteiger partial charge in [0.05, 0.1) is 6.04 Å². The van der Waals surface area contributed by atoms with Crippen molar-refractivity contribution < 1.29 is 23.9 Å². The number of nitrogens with one attached hydrogen (secondary N) is 2.